The molecule has 7 heteroatoms. The minimum Gasteiger partial charge on any atom is -0.480 e. The molecule has 0 spiro atoms. The molecule has 2 atom stereocenters. The molecule has 0 saturated carbocycles. The van der Waals surface area contributed by atoms with Gasteiger partial charge in [0, 0.05) is 5.92 Å². The number of carbonyl (C=O) groups excluding carboxylic acids is 1. The number of unbranched alkanes of at least 4 members (excludes halogenated alkanes) is 2. The largest absolute Gasteiger partial charge is 0.480 e. The van der Waals surface area contributed by atoms with Crippen LogP contribution in [0.1, 0.15) is 79.7 Å². The second kappa shape index (κ2) is 16.0. The van der Waals surface area contributed by atoms with Crippen molar-refractivity contribution in [1.82, 2.24) is 5.32 Å². The van der Waals surface area contributed by atoms with Crippen LogP contribution in [0.5, 0.6) is 0 Å². The molecule has 0 aromatic heterocycles. The number of hydrogen-bond donors (Lipinski definition) is 2. The Labute approximate surface area is 271 Å². The van der Waals surface area contributed by atoms with E-state index in [1.165, 1.54) is 0 Å². The van der Waals surface area contributed by atoms with Gasteiger partial charge in [-0.1, -0.05) is 144 Å². The van der Waals surface area contributed by atoms with Gasteiger partial charge >= 0.3 is 12.1 Å². The van der Waals surface area contributed by atoms with E-state index < -0.39 is 37.9 Å². The molecule has 0 aliphatic heterocycles. The second-order valence-corrected chi connectivity index (χ2v) is 18.0. The number of carbonyl (C=O) groups is 2. The standard InChI is InChI=1S/C38H51NO5Si/c1-8-9-13-26-33(34(35(40)41)39-36(42)44-37(2,3)4)30(27-29-20-14-10-15-21-29)28-43-45(38(5,6)7,31-22-16-11-17-23-31)32-24-18-12-19-25-32/h10-12,14-25,27,33-34H,8-9,13,26,28H2,1-7H3,(H,39,42)(H,40,41)/b30-27+/t33-,34+/m1/s1. The molecule has 2 N–H and O–H groups in total. The number of nitrogens with one attached hydrogen (secondary N) is 1. The Bertz CT molecular complexity index is 1340. The van der Waals surface area contributed by atoms with Crippen molar-refractivity contribution in [3.63, 3.8) is 0 Å². The Morgan fingerprint density at radius 2 is 1.33 bits per heavy atom. The SMILES string of the molecule is CCCCC[C@H](/C(=C/c1ccccc1)CO[Si](c1ccccc1)(c1ccccc1)C(C)(C)C)[C@H](NC(=O)OC(C)(C)C)C(=O)O. The lowest BCUT2D eigenvalue weighted by atomic mass is 9.85. The van der Waals surface area contributed by atoms with Crippen LogP contribution in [-0.4, -0.2) is 43.7 Å². The molecule has 0 aliphatic carbocycles. The zero-order valence-electron chi connectivity index (χ0n) is 28.0. The van der Waals surface area contributed by atoms with Crippen molar-refractivity contribution >= 4 is 36.8 Å². The van der Waals surface area contributed by atoms with Gasteiger partial charge in [0.1, 0.15) is 11.6 Å². The third kappa shape index (κ3) is 9.90. The summed E-state index contributed by atoms with van der Waals surface area (Å²) in [7, 11) is -2.94. The van der Waals surface area contributed by atoms with Crippen LogP contribution in [0.3, 0.4) is 0 Å². The number of carboxylic acid groups (broad SMARTS) is 1. The summed E-state index contributed by atoms with van der Waals surface area (Å²) in [6.07, 6.45) is 4.61. The Kier molecular flexibility index (Phi) is 12.8. The van der Waals surface area contributed by atoms with Gasteiger partial charge in [0.05, 0.1) is 6.61 Å². The fraction of sp³-hybridized carbons (Fsp3) is 0.421. The summed E-state index contributed by atoms with van der Waals surface area (Å²) in [5.41, 5.74) is 1.01. The van der Waals surface area contributed by atoms with Crippen molar-refractivity contribution in [2.75, 3.05) is 6.61 Å². The van der Waals surface area contributed by atoms with Crippen LogP contribution in [0.15, 0.2) is 96.6 Å². The predicted octanol–water partition coefficient (Wildman–Crippen LogP) is 7.82. The molecule has 0 saturated heterocycles. The van der Waals surface area contributed by atoms with Crippen molar-refractivity contribution in [3.8, 4) is 0 Å². The molecule has 3 aromatic carbocycles. The minimum absolute atomic E-state index is 0.207. The van der Waals surface area contributed by atoms with Gasteiger partial charge in [0.15, 0.2) is 0 Å². The monoisotopic (exact) mass is 629 g/mol. The van der Waals surface area contributed by atoms with Crippen molar-refractivity contribution < 1.29 is 23.9 Å². The number of carboxylic acids is 1. The molecule has 6 nitrogen and oxygen atoms in total. The van der Waals surface area contributed by atoms with E-state index in [4.69, 9.17) is 9.16 Å². The number of alkyl carbamates (subject to hydrolysis) is 1. The van der Waals surface area contributed by atoms with E-state index in [9.17, 15) is 14.7 Å². The number of amides is 1. The van der Waals surface area contributed by atoms with Gasteiger partial charge in [-0.25, -0.2) is 9.59 Å². The molecule has 0 fully saturated rings. The summed E-state index contributed by atoms with van der Waals surface area (Å²) in [5, 5.41) is 15.3. The van der Waals surface area contributed by atoms with Crippen LogP contribution >= 0.6 is 0 Å². The highest BCUT2D eigenvalue weighted by molar-refractivity contribution is 6.99. The second-order valence-electron chi connectivity index (χ2n) is 13.6. The third-order valence-corrected chi connectivity index (χ3v) is 12.9. The quantitative estimate of drug-likeness (QED) is 0.140. The fourth-order valence-electron chi connectivity index (χ4n) is 5.92. The minimum atomic E-state index is -2.94. The zero-order valence-corrected chi connectivity index (χ0v) is 29.0. The first-order valence-electron chi connectivity index (χ1n) is 16.0. The third-order valence-electron chi connectivity index (χ3n) is 7.96. The van der Waals surface area contributed by atoms with Crippen molar-refractivity contribution in [2.45, 2.75) is 90.8 Å². The highest BCUT2D eigenvalue weighted by Gasteiger charge is 2.50. The summed E-state index contributed by atoms with van der Waals surface area (Å²) in [6.45, 7) is 14.3. The van der Waals surface area contributed by atoms with Crippen molar-refractivity contribution in [1.29, 1.82) is 0 Å². The molecule has 45 heavy (non-hydrogen) atoms. The number of aliphatic carboxylic acids is 1. The maximum Gasteiger partial charge on any atom is 0.408 e. The van der Waals surface area contributed by atoms with E-state index in [-0.39, 0.29) is 11.6 Å². The highest BCUT2D eigenvalue weighted by Crippen LogP contribution is 2.38. The lowest BCUT2D eigenvalue weighted by molar-refractivity contribution is -0.140. The lowest BCUT2D eigenvalue weighted by Gasteiger charge is -2.43. The average Bonchev–Trinajstić information content (AvgIpc) is 2.98. The van der Waals surface area contributed by atoms with Gasteiger partial charge in [0.25, 0.3) is 8.32 Å². The first kappa shape index (κ1) is 35.8. The van der Waals surface area contributed by atoms with Gasteiger partial charge in [-0.15, -0.1) is 0 Å². The lowest BCUT2D eigenvalue weighted by Crippen LogP contribution is -2.66. The van der Waals surface area contributed by atoms with E-state index >= 15 is 0 Å². The Morgan fingerprint density at radius 3 is 1.78 bits per heavy atom. The van der Waals surface area contributed by atoms with E-state index in [1.807, 2.05) is 48.5 Å². The fourth-order valence-corrected chi connectivity index (χ4v) is 10.5. The Balaban J connectivity index is 2.18. The molecule has 3 aromatic rings. The molecule has 3 rings (SSSR count). The predicted molar refractivity (Wildman–Crippen MR) is 186 cm³/mol. The summed E-state index contributed by atoms with van der Waals surface area (Å²) < 4.78 is 12.8. The molecular formula is C38H51NO5Si. The smallest absolute Gasteiger partial charge is 0.408 e. The summed E-state index contributed by atoms with van der Waals surface area (Å²) >= 11 is 0. The average molecular weight is 630 g/mol. The number of ether oxygens (including phenoxy) is 1. The van der Waals surface area contributed by atoms with Crippen LogP contribution in [0.2, 0.25) is 5.04 Å². The van der Waals surface area contributed by atoms with E-state index in [2.05, 4.69) is 81.5 Å². The molecule has 0 unspecified atom stereocenters. The molecule has 0 radical (unpaired) electrons. The van der Waals surface area contributed by atoms with Crippen LogP contribution < -0.4 is 15.7 Å². The van der Waals surface area contributed by atoms with E-state index in [0.29, 0.717) is 6.42 Å². The first-order chi connectivity index (χ1) is 21.3. The van der Waals surface area contributed by atoms with E-state index in [0.717, 1.165) is 40.8 Å². The molecule has 1 amide bonds. The van der Waals surface area contributed by atoms with E-state index in [1.54, 1.807) is 20.8 Å². The van der Waals surface area contributed by atoms with Gasteiger partial charge < -0.3 is 19.6 Å². The summed E-state index contributed by atoms with van der Waals surface area (Å²) in [6, 6.07) is 29.5. The Hall–Kier alpha value is -3.68. The van der Waals surface area contributed by atoms with Crippen molar-refractivity contribution in [3.05, 3.63) is 102 Å². The molecule has 0 aliphatic rings. The molecule has 0 heterocycles. The normalized spacial score (nSPS) is 14.0. The first-order valence-corrected chi connectivity index (χ1v) is 17.9. The van der Waals surface area contributed by atoms with Gasteiger partial charge in [-0.05, 0) is 53.7 Å². The van der Waals surface area contributed by atoms with Crippen molar-refractivity contribution in [2.24, 2.45) is 5.92 Å². The topological polar surface area (TPSA) is 84.9 Å². The van der Waals surface area contributed by atoms with Crippen LogP contribution in [0.25, 0.3) is 6.08 Å². The summed E-state index contributed by atoms with van der Waals surface area (Å²) in [4.78, 5) is 25.9. The van der Waals surface area contributed by atoms with Gasteiger partial charge in [0.2, 0.25) is 0 Å². The van der Waals surface area contributed by atoms with Crippen LogP contribution in [0.4, 0.5) is 4.79 Å². The molecule has 0 bridgehead atoms. The van der Waals surface area contributed by atoms with Crippen LogP contribution in [-0.2, 0) is 14.0 Å². The molecule has 242 valence electrons. The number of rotatable bonds is 14. The van der Waals surface area contributed by atoms with Gasteiger partial charge in [-0.3, -0.25) is 0 Å². The summed E-state index contributed by atoms with van der Waals surface area (Å²) in [5.74, 6) is -1.63. The highest BCUT2D eigenvalue weighted by atomic mass is 28.4. The van der Waals surface area contributed by atoms with Gasteiger partial charge in [-0.2, -0.15) is 0 Å². The number of benzene rings is 3. The maximum absolute atomic E-state index is 13.0. The van der Waals surface area contributed by atoms with Crippen LogP contribution in [0, 0.1) is 5.92 Å². The zero-order chi connectivity index (χ0) is 33.1. The molecular weight excluding hydrogens is 579 g/mol. The number of hydrogen-bond acceptors (Lipinski definition) is 4. The Morgan fingerprint density at radius 1 is 0.822 bits per heavy atom. The maximum atomic E-state index is 13.0.